The summed E-state index contributed by atoms with van der Waals surface area (Å²) in [6.07, 6.45) is 22.8. The minimum absolute atomic E-state index is 0.318. The third kappa shape index (κ3) is 3.55. The van der Waals surface area contributed by atoms with Crippen molar-refractivity contribution in [2.75, 3.05) is 6.61 Å². The molecule has 3 aliphatic carbocycles. The number of hydrogen-bond acceptors (Lipinski definition) is 1. The van der Waals surface area contributed by atoms with E-state index in [9.17, 15) is 0 Å². The van der Waals surface area contributed by atoms with Gasteiger partial charge in [0.15, 0.2) is 8.32 Å². The summed E-state index contributed by atoms with van der Waals surface area (Å²) >= 11 is 0. The van der Waals surface area contributed by atoms with Gasteiger partial charge in [-0.15, -0.1) is 0 Å². The lowest BCUT2D eigenvalue weighted by molar-refractivity contribution is 0.121. The van der Waals surface area contributed by atoms with Crippen LogP contribution >= 0.6 is 0 Å². The number of hydrogen-bond donors (Lipinski definition) is 0. The number of allylic oxidation sites excluding steroid dienone is 8. The van der Waals surface area contributed by atoms with E-state index in [0.29, 0.717) is 5.41 Å². The van der Waals surface area contributed by atoms with Crippen LogP contribution in [0.2, 0.25) is 19.6 Å². The normalized spacial score (nSPS) is 31.2. The molecule has 0 N–H and O–H groups in total. The van der Waals surface area contributed by atoms with E-state index in [-0.39, 0.29) is 0 Å². The van der Waals surface area contributed by atoms with Gasteiger partial charge in [0.25, 0.3) is 0 Å². The van der Waals surface area contributed by atoms with Crippen molar-refractivity contribution in [2.45, 2.75) is 58.7 Å². The fourth-order valence-corrected chi connectivity index (χ4v) is 5.92. The van der Waals surface area contributed by atoms with E-state index in [1.54, 1.807) is 5.57 Å². The molecule has 1 saturated carbocycles. The van der Waals surface area contributed by atoms with Gasteiger partial charge in [-0.05, 0) is 74.9 Å². The second-order valence-electron chi connectivity index (χ2n) is 8.74. The molecule has 24 heavy (non-hydrogen) atoms. The van der Waals surface area contributed by atoms with Crippen LogP contribution in [0.3, 0.4) is 0 Å². The average Bonchev–Trinajstić information content (AvgIpc) is 3.21. The molecule has 2 heteroatoms. The first kappa shape index (κ1) is 17.9. The van der Waals surface area contributed by atoms with Gasteiger partial charge in [0.2, 0.25) is 0 Å². The second kappa shape index (κ2) is 7.17. The van der Waals surface area contributed by atoms with E-state index < -0.39 is 8.32 Å². The van der Waals surface area contributed by atoms with Crippen molar-refractivity contribution < 1.29 is 4.43 Å². The van der Waals surface area contributed by atoms with E-state index in [1.807, 2.05) is 0 Å². The number of rotatable bonds is 7. The lowest BCUT2D eigenvalue weighted by atomic mass is 9.61. The highest BCUT2D eigenvalue weighted by Crippen LogP contribution is 2.56. The minimum atomic E-state index is -1.44. The van der Waals surface area contributed by atoms with Gasteiger partial charge < -0.3 is 4.43 Å². The van der Waals surface area contributed by atoms with Gasteiger partial charge in [-0.1, -0.05) is 55.0 Å². The predicted molar refractivity (Wildman–Crippen MR) is 106 cm³/mol. The monoisotopic (exact) mass is 342 g/mol. The Morgan fingerprint density at radius 1 is 1.12 bits per heavy atom. The van der Waals surface area contributed by atoms with E-state index in [0.717, 1.165) is 30.8 Å². The van der Waals surface area contributed by atoms with Gasteiger partial charge >= 0.3 is 0 Å². The Kier molecular flexibility index (Phi) is 5.36. The molecule has 0 heterocycles. The molecular formula is C22H34OSi. The Hall–Kier alpha value is -0.863. The van der Waals surface area contributed by atoms with Crippen molar-refractivity contribution >= 4 is 8.32 Å². The highest BCUT2D eigenvalue weighted by molar-refractivity contribution is 6.69. The second-order valence-corrected chi connectivity index (χ2v) is 13.3. The molecule has 1 fully saturated rings. The molecule has 0 aromatic carbocycles. The van der Waals surface area contributed by atoms with Crippen LogP contribution in [-0.2, 0) is 4.43 Å². The zero-order valence-electron chi connectivity index (χ0n) is 15.9. The van der Waals surface area contributed by atoms with Crippen molar-refractivity contribution in [1.82, 2.24) is 0 Å². The third-order valence-electron chi connectivity index (χ3n) is 6.41. The summed E-state index contributed by atoms with van der Waals surface area (Å²) < 4.78 is 6.30. The molecule has 0 aromatic rings. The van der Waals surface area contributed by atoms with Gasteiger partial charge in [0, 0.05) is 6.61 Å². The fraction of sp³-hybridized carbons (Fsp3) is 0.636. The quantitative estimate of drug-likeness (QED) is 0.495. The third-order valence-corrected chi connectivity index (χ3v) is 7.48. The van der Waals surface area contributed by atoms with Crippen LogP contribution in [0.15, 0.2) is 48.1 Å². The van der Waals surface area contributed by atoms with Crippen molar-refractivity contribution in [3.8, 4) is 0 Å². The van der Waals surface area contributed by atoms with E-state index in [1.165, 1.54) is 25.7 Å². The summed E-state index contributed by atoms with van der Waals surface area (Å²) in [4.78, 5) is 0. The lowest BCUT2D eigenvalue weighted by Gasteiger charge is -2.44. The SMILES string of the molecule is CCC(CCO[Si](C)(C)C)(C1=CC=CC1)C1CCC2C=CC=CC21. The molecule has 0 aliphatic heterocycles. The molecule has 0 radical (unpaired) electrons. The predicted octanol–water partition coefficient (Wildman–Crippen LogP) is 6.28. The zero-order valence-corrected chi connectivity index (χ0v) is 16.9. The maximum Gasteiger partial charge on any atom is 0.183 e. The highest BCUT2D eigenvalue weighted by Gasteiger charge is 2.48. The van der Waals surface area contributed by atoms with Gasteiger partial charge in [-0.2, -0.15) is 0 Å². The molecule has 0 saturated heterocycles. The summed E-state index contributed by atoms with van der Waals surface area (Å²) in [6, 6.07) is 0. The molecule has 0 amide bonds. The van der Waals surface area contributed by atoms with Crippen LogP contribution in [0.4, 0.5) is 0 Å². The van der Waals surface area contributed by atoms with Crippen molar-refractivity contribution in [3.05, 3.63) is 48.1 Å². The van der Waals surface area contributed by atoms with Gasteiger partial charge in [0.1, 0.15) is 0 Å². The molecule has 0 aromatic heterocycles. The largest absolute Gasteiger partial charge is 0.418 e. The first-order valence-corrected chi connectivity index (χ1v) is 13.2. The molecule has 4 atom stereocenters. The van der Waals surface area contributed by atoms with Gasteiger partial charge in [-0.25, -0.2) is 0 Å². The summed E-state index contributed by atoms with van der Waals surface area (Å²) in [7, 11) is -1.44. The molecule has 3 aliphatic rings. The van der Waals surface area contributed by atoms with Crippen molar-refractivity contribution in [1.29, 1.82) is 0 Å². The van der Waals surface area contributed by atoms with E-state index >= 15 is 0 Å². The summed E-state index contributed by atoms with van der Waals surface area (Å²) in [5.41, 5.74) is 1.98. The maximum atomic E-state index is 6.30. The molecule has 0 bridgehead atoms. The highest BCUT2D eigenvalue weighted by atomic mass is 28.4. The smallest absolute Gasteiger partial charge is 0.183 e. The Balaban J connectivity index is 1.84. The van der Waals surface area contributed by atoms with Crippen LogP contribution in [0.1, 0.15) is 39.0 Å². The van der Waals surface area contributed by atoms with Gasteiger partial charge in [0.05, 0.1) is 0 Å². The standard InChI is InChI=1S/C22H34OSi/c1-5-22(19-11-7-8-12-19,16-17-23-24(2,3)4)21-15-14-18-10-6-9-13-20(18)21/h6-11,13,18,20-21H,5,12,14-17H2,1-4H3. The van der Waals surface area contributed by atoms with E-state index in [2.05, 4.69) is 69.1 Å². The molecular weight excluding hydrogens is 308 g/mol. The topological polar surface area (TPSA) is 9.23 Å². The number of fused-ring (bicyclic) bond motifs is 1. The van der Waals surface area contributed by atoms with Crippen LogP contribution < -0.4 is 0 Å². The van der Waals surface area contributed by atoms with Crippen LogP contribution in [0, 0.1) is 23.2 Å². The van der Waals surface area contributed by atoms with Crippen molar-refractivity contribution in [2.24, 2.45) is 23.2 Å². The average molecular weight is 343 g/mol. The first-order valence-electron chi connectivity index (χ1n) is 9.81. The molecule has 0 spiro atoms. The molecule has 1 nitrogen and oxygen atoms in total. The van der Waals surface area contributed by atoms with E-state index in [4.69, 9.17) is 4.43 Å². The summed E-state index contributed by atoms with van der Waals surface area (Å²) in [5, 5.41) is 0. The summed E-state index contributed by atoms with van der Waals surface area (Å²) in [5.74, 6) is 2.26. The maximum absolute atomic E-state index is 6.30. The Bertz CT molecular complexity index is 563. The molecule has 3 rings (SSSR count). The molecule has 4 unspecified atom stereocenters. The van der Waals surface area contributed by atoms with Crippen LogP contribution in [0.25, 0.3) is 0 Å². The summed E-state index contributed by atoms with van der Waals surface area (Å²) in [6.45, 7) is 10.2. The lowest BCUT2D eigenvalue weighted by Crippen LogP contribution is -2.37. The van der Waals surface area contributed by atoms with Crippen molar-refractivity contribution in [3.63, 3.8) is 0 Å². The minimum Gasteiger partial charge on any atom is -0.418 e. The Morgan fingerprint density at radius 3 is 2.58 bits per heavy atom. The first-order chi connectivity index (χ1) is 11.5. The van der Waals surface area contributed by atoms with Crippen LogP contribution in [-0.4, -0.2) is 14.9 Å². The van der Waals surface area contributed by atoms with Gasteiger partial charge in [-0.3, -0.25) is 0 Å². The Labute approximate surface area is 149 Å². The molecule has 132 valence electrons. The zero-order chi connectivity index (χ0) is 17.2. The Morgan fingerprint density at radius 2 is 1.92 bits per heavy atom. The van der Waals surface area contributed by atoms with Crippen LogP contribution in [0.5, 0.6) is 0 Å². The fourth-order valence-electron chi connectivity index (χ4n) is 5.21.